The first-order valence-corrected chi connectivity index (χ1v) is 9.77. The minimum absolute atomic E-state index is 0.116. The first kappa shape index (κ1) is 19.1. The lowest BCUT2D eigenvalue weighted by atomic mass is 9.92. The van der Waals surface area contributed by atoms with E-state index in [2.05, 4.69) is 5.10 Å². The Morgan fingerprint density at radius 3 is 2.17 bits per heavy atom. The van der Waals surface area contributed by atoms with Crippen molar-refractivity contribution in [2.45, 2.75) is 32.6 Å². The van der Waals surface area contributed by atoms with Crippen LogP contribution in [0.15, 0.2) is 84.0 Å². The molecule has 4 nitrogen and oxygen atoms in total. The van der Waals surface area contributed by atoms with Crippen LogP contribution in [0.3, 0.4) is 0 Å². The van der Waals surface area contributed by atoms with Gasteiger partial charge in [-0.3, -0.25) is 4.79 Å². The number of benzene rings is 3. The lowest BCUT2D eigenvalue weighted by Crippen LogP contribution is -2.57. The maximum absolute atomic E-state index is 12.8. The van der Waals surface area contributed by atoms with E-state index in [4.69, 9.17) is 4.74 Å². The summed E-state index contributed by atoms with van der Waals surface area (Å²) in [5.74, 6) is -0.116. The summed E-state index contributed by atoms with van der Waals surface area (Å²) in [5.41, 5.74) is 5.39. The molecule has 4 heteroatoms. The van der Waals surface area contributed by atoms with Crippen LogP contribution in [0.25, 0.3) is 0 Å². The smallest absolute Gasteiger partial charge is 0.275 e. The van der Waals surface area contributed by atoms with E-state index < -0.39 is 6.10 Å². The van der Waals surface area contributed by atoms with E-state index in [0.717, 1.165) is 16.7 Å². The second kappa shape index (κ2) is 8.41. The summed E-state index contributed by atoms with van der Waals surface area (Å²) in [6, 6.07) is 25.9. The number of hydrazone groups is 1. The Morgan fingerprint density at radius 1 is 0.897 bits per heavy atom. The summed E-state index contributed by atoms with van der Waals surface area (Å²) in [6.07, 6.45) is 1.19. The number of β-lactam (4-membered cyclic amide) rings is 1. The first-order chi connectivity index (χ1) is 14.1. The van der Waals surface area contributed by atoms with Crippen LogP contribution in [0.1, 0.15) is 33.9 Å². The molecule has 0 N–H and O–H groups in total. The zero-order valence-corrected chi connectivity index (χ0v) is 16.7. The topological polar surface area (TPSA) is 41.9 Å². The molecule has 0 radical (unpaired) electrons. The van der Waals surface area contributed by atoms with E-state index in [9.17, 15) is 4.79 Å². The third-order valence-electron chi connectivity index (χ3n) is 5.12. The third kappa shape index (κ3) is 4.28. The Hall–Kier alpha value is -3.24. The number of amides is 1. The van der Waals surface area contributed by atoms with Crippen molar-refractivity contribution in [2.24, 2.45) is 5.10 Å². The van der Waals surface area contributed by atoms with Gasteiger partial charge in [0, 0.05) is 0 Å². The Bertz CT molecular complexity index is 995. The Labute approximate surface area is 171 Å². The van der Waals surface area contributed by atoms with E-state index in [1.165, 1.54) is 16.1 Å². The summed E-state index contributed by atoms with van der Waals surface area (Å²) >= 11 is 0. The van der Waals surface area contributed by atoms with Gasteiger partial charge in [0.05, 0.1) is 12.8 Å². The van der Waals surface area contributed by atoms with Crippen LogP contribution >= 0.6 is 0 Å². The zero-order chi connectivity index (χ0) is 20.2. The fraction of sp³-hybridized carbons (Fsp3) is 0.200. The van der Waals surface area contributed by atoms with Crippen LogP contribution in [0, 0.1) is 13.8 Å². The molecule has 4 rings (SSSR count). The van der Waals surface area contributed by atoms with Crippen LogP contribution in [-0.4, -0.2) is 23.2 Å². The summed E-state index contributed by atoms with van der Waals surface area (Å²) < 4.78 is 6.01. The molecule has 0 aromatic heterocycles. The van der Waals surface area contributed by atoms with Crippen molar-refractivity contribution in [3.8, 4) is 0 Å². The third-order valence-corrected chi connectivity index (χ3v) is 5.12. The molecule has 1 aliphatic rings. The monoisotopic (exact) mass is 384 g/mol. The molecule has 0 bridgehead atoms. The SMILES string of the molecule is Cc1ccc(/C=N/N2C(=O)[C@@H](OCc3ccccc3)[C@H]2c2ccc(C)cc2)cc1. The lowest BCUT2D eigenvalue weighted by molar-refractivity contribution is -0.176. The Balaban J connectivity index is 1.54. The lowest BCUT2D eigenvalue weighted by Gasteiger charge is -2.43. The normalized spacial score (nSPS) is 18.8. The Morgan fingerprint density at radius 2 is 1.52 bits per heavy atom. The molecule has 1 amide bonds. The molecule has 3 aromatic rings. The van der Waals surface area contributed by atoms with Crippen molar-refractivity contribution >= 4 is 12.1 Å². The van der Waals surface area contributed by atoms with Gasteiger partial charge in [0.1, 0.15) is 6.04 Å². The molecule has 29 heavy (non-hydrogen) atoms. The zero-order valence-electron chi connectivity index (χ0n) is 16.7. The first-order valence-electron chi connectivity index (χ1n) is 9.77. The summed E-state index contributed by atoms with van der Waals surface area (Å²) in [6.45, 7) is 4.49. The molecule has 0 spiro atoms. The summed E-state index contributed by atoms with van der Waals surface area (Å²) in [5, 5.41) is 6.00. The fourth-order valence-corrected chi connectivity index (χ4v) is 3.36. The molecular formula is C25H24N2O2. The second-order valence-electron chi connectivity index (χ2n) is 7.41. The van der Waals surface area contributed by atoms with Gasteiger partial charge in [-0.15, -0.1) is 0 Å². The molecule has 146 valence electrons. The highest BCUT2D eigenvalue weighted by Gasteiger charge is 2.49. The molecule has 0 aliphatic carbocycles. The van der Waals surface area contributed by atoms with Crippen molar-refractivity contribution in [1.82, 2.24) is 5.01 Å². The van der Waals surface area contributed by atoms with Gasteiger partial charge in [-0.25, -0.2) is 5.01 Å². The highest BCUT2D eigenvalue weighted by Crippen LogP contribution is 2.38. The number of carbonyl (C=O) groups is 1. The van der Waals surface area contributed by atoms with Crippen molar-refractivity contribution in [2.75, 3.05) is 0 Å². The predicted molar refractivity (Wildman–Crippen MR) is 115 cm³/mol. The van der Waals surface area contributed by atoms with Gasteiger partial charge in [-0.1, -0.05) is 90.0 Å². The number of carbonyl (C=O) groups excluding carboxylic acids is 1. The van der Waals surface area contributed by atoms with Crippen LogP contribution in [0.5, 0.6) is 0 Å². The van der Waals surface area contributed by atoms with Gasteiger partial charge in [0.2, 0.25) is 0 Å². The highest BCUT2D eigenvalue weighted by atomic mass is 16.5. The van der Waals surface area contributed by atoms with E-state index in [1.807, 2.05) is 92.7 Å². The van der Waals surface area contributed by atoms with Gasteiger partial charge < -0.3 is 4.74 Å². The van der Waals surface area contributed by atoms with Crippen molar-refractivity contribution in [3.63, 3.8) is 0 Å². The number of hydrogen-bond acceptors (Lipinski definition) is 3. The molecule has 3 aromatic carbocycles. The predicted octanol–water partition coefficient (Wildman–Crippen LogP) is 4.81. The molecular weight excluding hydrogens is 360 g/mol. The molecule has 1 saturated heterocycles. The second-order valence-corrected chi connectivity index (χ2v) is 7.41. The molecule has 1 fully saturated rings. The van der Waals surface area contributed by atoms with Crippen LogP contribution < -0.4 is 0 Å². The Kier molecular flexibility index (Phi) is 5.54. The quantitative estimate of drug-likeness (QED) is 0.452. The number of nitrogens with zero attached hydrogens (tertiary/aromatic N) is 2. The van der Waals surface area contributed by atoms with Crippen molar-refractivity contribution in [1.29, 1.82) is 0 Å². The molecule has 1 aliphatic heterocycles. The van der Waals surface area contributed by atoms with Gasteiger partial charge >= 0.3 is 0 Å². The molecule has 0 unspecified atom stereocenters. The van der Waals surface area contributed by atoms with E-state index in [0.29, 0.717) is 6.61 Å². The average Bonchev–Trinajstić information content (AvgIpc) is 2.75. The van der Waals surface area contributed by atoms with Gasteiger partial charge in [-0.2, -0.15) is 5.10 Å². The maximum Gasteiger partial charge on any atom is 0.275 e. The number of ether oxygens (including phenoxy) is 1. The van der Waals surface area contributed by atoms with E-state index in [-0.39, 0.29) is 11.9 Å². The van der Waals surface area contributed by atoms with Crippen LogP contribution in [-0.2, 0) is 16.1 Å². The van der Waals surface area contributed by atoms with E-state index in [1.54, 1.807) is 6.21 Å². The van der Waals surface area contributed by atoms with Gasteiger partial charge in [0.25, 0.3) is 5.91 Å². The number of hydrogen-bond donors (Lipinski definition) is 0. The van der Waals surface area contributed by atoms with Crippen molar-refractivity contribution < 1.29 is 9.53 Å². The highest BCUT2D eigenvalue weighted by molar-refractivity contribution is 5.90. The van der Waals surface area contributed by atoms with Crippen LogP contribution in [0.2, 0.25) is 0 Å². The largest absolute Gasteiger partial charge is 0.361 e. The molecule has 2 atom stereocenters. The van der Waals surface area contributed by atoms with Crippen LogP contribution in [0.4, 0.5) is 0 Å². The van der Waals surface area contributed by atoms with Gasteiger partial charge in [0.15, 0.2) is 6.10 Å². The number of rotatable bonds is 6. The van der Waals surface area contributed by atoms with Crippen molar-refractivity contribution in [3.05, 3.63) is 107 Å². The fourth-order valence-electron chi connectivity index (χ4n) is 3.36. The molecule has 0 saturated carbocycles. The minimum Gasteiger partial charge on any atom is -0.361 e. The van der Waals surface area contributed by atoms with E-state index >= 15 is 0 Å². The summed E-state index contributed by atoms with van der Waals surface area (Å²) in [7, 11) is 0. The maximum atomic E-state index is 12.8. The minimum atomic E-state index is -0.534. The average molecular weight is 384 g/mol. The standard InChI is InChI=1S/C25H24N2O2/c1-18-8-12-20(13-9-18)16-26-27-23(22-14-10-19(2)11-15-22)24(25(27)28)29-17-21-6-4-3-5-7-21/h3-16,23-24H,17H2,1-2H3/b26-16+/t23-,24+/m1/s1. The summed E-state index contributed by atoms with van der Waals surface area (Å²) in [4.78, 5) is 12.8. The van der Waals surface area contributed by atoms with Gasteiger partial charge in [-0.05, 0) is 30.5 Å². The molecule has 1 heterocycles. The number of aryl methyl sites for hydroxylation is 2.